The zero-order valence-corrected chi connectivity index (χ0v) is 25.8. The molecule has 3 aromatic rings. The van der Waals surface area contributed by atoms with Crippen molar-refractivity contribution in [2.45, 2.75) is 32.2 Å². The molecule has 2 N–H and O–H groups in total. The maximum Gasteiger partial charge on any atom is 0.338 e. The molecule has 0 amide bonds. The summed E-state index contributed by atoms with van der Waals surface area (Å²) in [5.74, 6) is -1.39. The maximum absolute atomic E-state index is 12.8. The van der Waals surface area contributed by atoms with E-state index in [9.17, 15) is 14.4 Å². The van der Waals surface area contributed by atoms with Gasteiger partial charge in [0.1, 0.15) is 0 Å². The average Bonchev–Trinajstić information content (AvgIpc) is 3.01. The number of benzene rings is 3. The normalized spacial score (nSPS) is 14.7. The highest BCUT2D eigenvalue weighted by Crippen LogP contribution is 2.27. The van der Waals surface area contributed by atoms with Gasteiger partial charge in [0, 0.05) is 48.3 Å². The summed E-state index contributed by atoms with van der Waals surface area (Å²) < 4.78 is 11.6. The first-order valence-corrected chi connectivity index (χ1v) is 15.0. The smallest absolute Gasteiger partial charge is 0.338 e. The van der Waals surface area contributed by atoms with Gasteiger partial charge in [0.25, 0.3) is 0 Å². The van der Waals surface area contributed by atoms with E-state index in [1.807, 2.05) is 30.3 Å². The molecule has 1 unspecified atom stereocenters. The second-order valence-corrected chi connectivity index (χ2v) is 11.5. The lowest BCUT2D eigenvalue weighted by Crippen LogP contribution is -2.44. The Hall–Kier alpha value is -3.53. The zero-order chi connectivity index (χ0) is 30.1. The third-order valence-corrected chi connectivity index (χ3v) is 8.15. The van der Waals surface area contributed by atoms with Gasteiger partial charge in [-0.1, -0.05) is 48.5 Å². The van der Waals surface area contributed by atoms with Crippen molar-refractivity contribution in [2.75, 3.05) is 52.2 Å². The molecule has 1 fully saturated rings. The second-order valence-electron chi connectivity index (χ2n) is 10.7. The number of anilines is 1. The van der Waals surface area contributed by atoms with Gasteiger partial charge in [0.2, 0.25) is 0 Å². The summed E-state index contributed by atoms with van der Waals surface area (Å²) in [4.78, 5) is 42.8. The van der Waals surface area contributed by atoms with Gasteiger partial charge >= 0.3 is 11.9 Å². The number of carbonyl (C=O) groups is 3. The van der Waals surface area contributed by atoms with E-state index in [4.69, 9.17) is 15.2 Å². The van der Waals surface area contributed by atoms with Crippen molar-refractivity contribution < 1.29 is 23.9 Å². The summed E-state index contributed by atoms with van der Waals surface area (Å²) in [5, 5.41) is 0. The third-order valence-electron chi connectivity index (χ3n) is 7.50. The molecule has 1 saturated heterocycles. The number of carbonyl (C=O) groups excluding carboxylic acids is 3. The number of likely N-dealkylation sites (N-methyl/N-ethyl adjacent to an activating group) is 1. The predicted molar refractivity (Wildman–Crippen MR) is 167 cm³/mol. The van der Waals surface area contributed by atoms with E-state index in [1.54, 1.807) is 43.3 Å². The summed E-state index contributed by atoms with van der Waals surface area (Å²) in [6.07, 6.45) is 1.11. The Bertz CT molecular complexity index is 1390. The van der Waals surface area contributed by atoms with Crippen LogP contribution in [0.4, 0.5) is 5.69 Å². The van der Waals surface area contributed by atoms with Gasteiger partial charge in [-0.25, -0.2) is 4.79 Å². The SMILES string of the molecule is CC(C(=O)OCCCCOC(=O)c1cc(Br)c(N)c(CN2CCN(C)CC2)c1)c1cccc(C(=O)c2ccccc2)c1. The number of esters is 2. The molecule has 0 aliphatic carbocycles. The quantitative estimate of drug-likeness (QED) is 0.124. The van der Waals surface area contributed by atoms with Crippen LogP contribution in [0.25, 0.3) is 0 Å². The number of rotatable bonds is 12. The molecule has 0 bridgehead atoms. The highest BCUT2D eigenvalue weighted by atomic mass is 79.9. The van der Waals surface area contributed by atoms with Crippen molar-refractivity contribution in [2.24, 2.45) is 0 Å². The Labute approximate surface area is 255 Å². The first kappa shape index (κ1) is 31.4. The van der Waals surface area contributed by atoms with Crippen LogP contribution in [0, 0.1) is 0 Å². The van der Waals surface area contributed by atoms with Crippen LogP contribution in [-0.4, -0.2) is 74.0 Å². The first-order valence-electron chi connectivity index (χ1n) is 14.2. The van der Waals surface area contributed by atoms with Crippen molar-refractivity contribution in [1.29, 1.82) is 0 Å². The average molecular weight is 637 g/mol. The molecule has 1 atom stereocenters. The van der Waals surface area contributed by atoms with Gasteiger partial charge in [-0.2, -0.15) is 0 Å². The lowest BCUT2D eigenvalue weighted by molar-refractivity contribution is -0.145. The molecule has 0 aromatic heterocycles. The number of ketones is 1. The minimum Gasteiger partial charge on any atom is -0.465 e. The molecule has 1 heterocycles. The molecule has 42 heavy (non-hydrogen) atoms. The van der Waals surface area contributed by atoms with Crippen LogP contribution >= 0.6 is 15.9 Å². The molecular weight excluding hydrogens is 598 g/mol. The van der Waals surface area contributed by atoms with Crippen LogP contribution in [0.3, 0.4) is 0 Å². The second kappa shape index (κ2) is 15.1. The summed E-state index contributed by atoms with van der Waals surface area (Å²) >= 11 is 3.48. The Morgan fingerprint density at radius 1 is 0.857 bits per heavy atom. The topological polar surface area (TPSA) is 102 Å². The van der Waals surface area contributed by atoms with E-state index in [2.05, 4.69) is 32.8 Å². The van der Waals surface area contributed by atoms with E-state index in [-0.39, 0.29) is 25.0 Å². The summed E-state index contributed by atoms with van der Waals surface area (Å²) in [7, 11) is 2.11. The molecule has 0 saturated carbocycles. The minimum atomic E-state index is -0.518. The van der Waals surface area contributed by atoms with Gasteiger partial charge in [0.15, 0.2) is 5.78 Å². The standard InChI is InChI=1S/C33H38BrN3O5/c1-23(25-11-8-12-26(19-25)31(38)24-9-4-3-5-10-24)32(39)41-17-6-7-18-42-33(40)27-20-28(30(35)29(34)21-27)22-37-15-13-36(2)14-16-37/h3-5,8-12,19-21,23H,6-7,13-18,22,35H2,1-2H3. The number of nitrogen functional groups attached to an aromatic ring is 1. The van der Waals surface area contributed by atoms with Crippen LogP contribution < -0.4 is 5.73 Å². The van der Waals surface area contributed by atoms with Crippen molar-refractivity contribution in [3.8, 4) is 0 Å². The van der Waals surface area contributed by atoms with Crippen LogP contribution in [-0.2, 0) is 20.8 Å². The lowest BCUT2D eigenvalue weighted by atomic mass is 9.96. The monoisotopic (exact) mass is 635 g/mol. The van der Waals surface area contributed by atoms with Crippen LogP contribution in [0.5, 0.6) is 0 Å². The number of halogens is 1. The van der Waals surface area contributed by atoms with Crippen LogP contribution in [0.1, 0.15) is 63.1 Å². The number of nitrogens with zero attached hydrogens (tertiary/aromatic N) is 2. The maximum atomic E-state index is 12.8. The summed E-state index contributed by atoms with van der Waals surface area (Å²) in [6.45, 7) is 6.77. The molecular formula is C33H38BrN3O5. The van der Waals surface area contributed by atoms with Gasteiger partial charge in [-0.3, -0.25) is 14.5 Å². The van der Waals surface area contributed by atoms with E-state index in [1.165, 1.54) is 0 Å². The number of piperazine rings is 1. The lowest BCUT2D eigenvalue weighted by Gasteiger charge is -2.32. The number of hydrogen-bond donors (Lipinski definition) is 1. The van der Waals surface area contributed by atoms with Crippen LogP contribution in [0.15, 0.2) is 71.2 Å². The number of unbranched alkanes of at least 4 members (excludes halogenated alkanes) is 1. The fourth-order valence-electron chi connectivity index (χ4n) is 4.76. The van der Waals surface area contributed by atoms with E-state index in [0.717, 1.165) is 37.3 Å². The van der Waals surface area contributed by atoms with Crippen molar-refractivity contribution in [3.63, 3.8) is 0 Å². The Morgan fingerprint density at radius 3 is 2.24 bits per heavy atom. The zero-order valence-electron chi connectivity index (χ0n) is 24.2. The molecule has 1 aliphatic rings. The van der Waals surface area contributed by atoms with Crippen molar-refractivity contribution in [3.05, 3.63) is 99.0 Å². The number of hydrogen-bond acceptors (Lipinski definition) is 8. The molecule has 0 radical (unpaired) electrons. The molecule has 3 aromatic carbocycles. The highest BCUT2D eigenvalue weighted by Gasteiger charge is 2.20. The fourth-order valence-corrected chi connectivity index (χ4v) is 5.26. The first-order chi connectivity index (χ1) is 20.2. The number of ether oxygens (including phenoxy) is 2. The molecule has 0 spiro atoms. The highest BCUT2D eigenvalue weighted by molar-refractivity contribution is 9.10. The minimum absolute atomic E-state index is 0.0925. The molecule has 222 valence electrons. The number of nitrogens with two attached hydrogens (primary N) is 1. The van der Waals surface area contributed by atoms with Crippen molar-refractivity contribution >= 4 is 39.3 Å². The summed E-state index contributed by atoms with van der Waals surface area (Å²) in [6, 6.07) is 19.6. The Balaban J connectivity index is 1.20. The van der Waals surface area contributed by atoms with E-state index in [0.29, 0.717) is 46.2 Å². The van der Waals surface area contributed by atoms with Crippen LogP contribution in [0.2, 0.25) is 0 Å². The van der Waals surface area contributed by atoms with Gasteiger partial charge in [0.05, 0.1) is 30.4 Å². The summed E-state index contributed by atoms with van der Waals surface area (Å²) in [5.41, 5.74) is 10.1. The molecule has 1 aliphatic heterocycles. The Kier molecular flexibility index (Phi) is 11.3. The largest absolute Gasteiger partial charge is 0.465 e. The molecule has 9 heteroatoms. The molecule has 8 nitrogen and oxygen atoms in total. The van der Waals surface area contributed by atoms with Gasteiger partial charge in [-0.15, -0.1) is 0 Å². The Morgan fingerprint density at radius 2 is 1.52 bits per heavy atom. The fraction of sp³-hybridized carbons (Fsp3) is 0.364. The van der Waals surface area contributed by atoms with E-state index < -0.39 is 11.9 Å². The predicted octanol–water partition coefficient (Wildman–Crippen LogP) is 5.29. The van der Waals surface area contributed by atoms with Crippen molar-refractivity contribution in [1.82, 2.24) is 9.80 Å². The van der Waals surface area contributed by atoms with Gasteiger partial charge in [-0.05, 0) is 72.1 Å². The van der Waals surface area contributed by atoms with Gasteiger partial charge < -0.3 is 20.1 Å². The third kappa shape index (κ3) is 8.50. The van der Waals surface area contributed by atoms with E-state index >= 15 is 0 Å². The molecule has 4 rings (SSSR count).